The molecule has 0 bridgehead atoms. The van der Waals surface area contributed by atoms with Gasteiger partial charge in [-0.05, 0) is 19.3 Å². The van der Waals surface area contributed by atoms with Gasteiger partial charge in [-0.3, -0.25) is 9.59 Å². The number of aliphatic carboxylic acids is 1. The third-order valence-electron chi connectivity index (χ3n) is 2.41. The summed E-state index contributed by atoms with van der Waals surface area (Å²) in [4.78, 5) is 23.3. The Bertz CT molecular complexity index is 276. The molecule has 0 radical (unpaired) electrons. The van der Waals surface area contributed by atoms with Crippen LogP contribution in [-0.4, -0.2) is 41.0 Å². The molecule has 0 aromatic carbocycles. The molecule has 0 aliphatic carbocycles. The van der Waals surface area contributed by atoms with Crippen LogP contribution in [0.4, 0.5) is 0 Å². The van der Waals surface area contributed by atoms with E-state index in [4.69, 9.17) is 10.8 Å². The summed E-state index contributed by atoms with van der Waals surface area (Å²) in [6, 6.07) is -0.780. The first-order valence-corrected chi connectivity index (χ1v) is 5.05. The van der Waals surface area contributed by atoms with Crippen LogP contribution in [0.5, 0.6) is 0 Å². The third-order valence-corrected chi connectivity index (χ3v) is 2.41. The summed E-state index contributed by atoms with van der Waals surface area (Å²) in [6.45, 7) is 1.35. The van der Waals surface area contributed by atoms with Crippen molar-refractivity contribution in [3.05, 3.63) is 12.2 Å². The van der Waals surface area contributed by atoms with Gasteiger partial charge < -0.3 is 15.7 Å². The molecule has 0 saturated carbocycles. The van der Waals surface area contributed by atoms with E-state index in [-0.39, 0.29) is 5.91 Å². The molecule has 1 atom stereocenters. The van der Waals surface area contributed by atoms with Gasteiger partial charge >= 0.3 is 5.97 Å². The first-order chi connectivity index (χ1) is 7.11. The summed E-state index contributed by atoms with van der Waals surface area (Å²) in [5.41, 5.74) is 5.35. The molecule has 5 heteroatoms. The van der Waals surface area contributed by atoms with Gasteiger partial charge in [0.25, 0.3) is 0 Å². The Labute approximate surface area is 88.5 Å². The van der Waals surface area contributed by atoms with Crippen LogP contribution < -0.4 is 5.73 Å². The maximum atomic E-state index is 11.1. The normalized spacial score (nSPS) is 17.1. The summed E-state index contributed by atoms with van der Waals surface area (Å²) in [5.74, 6) is -0.925. The molecule has 1 aliphatic rings. The molecule has 3 N–H and O–H groups in total. The van der Waals surface area contributed by atoms with Gasteiger partial charge in [-0.25, -0.2) is 0 Å². The predicted octanol–water partition coefficient (Wildman–Crippen LogP) is -0.0330. The molecule has 1 amide bonds. The molecule has 0 fully saturated rings. The fourth-order valence-electron chi connectivity index (χ4n) is 1.47. The minimum absolute atomic E-state index is 0.0394. The molecule has 0 aromatic rings. The van der Waals surface area contributed by atoms with Crippen LogP contribution >= 0.6 is 0 Å². The van der Waals surface area contributed by atoms with E-state index in [1.807, 2.05) is 6.08 Å². The molecule has 0 aromatic heterocycles. The average molecular weight is 212 g/mol. The molecular weight excluding hydrogens is 196 g/mol. The first kappa shape index (κ1) is 11.7. The number of rotatable bonds is 6. The number of carbonyl (C=O) groups is 2. The van der Waals surface area contributed by atoms with Gasteiger partial charge in [0, 0.05) is 19.2 Å². The van der Waals surface area contributed by atoms with Crippen LogP contribution in [0.3, 0.4) is 0 Å². The molecule has 1 aliphatic heterocycles. The summed E-state index contributed by atoms with van der Waals surface area (Å²) >= 11 is 0. The third kappa shape index (κ3) is 3.71. The highest BCUT2D eigenvalue weighted by atomic mass is 16.4. The van der Waals surface area contributed by atoms with Gasteiger partial charge in [0.05, 0.1) is 0 Å². The van der Waals surface area contributed by atoms with Crippen molar-refractivity contribution in [3.63, 3.8) is 0 Å². The zero-order chi connectivity index (χ0) is 11.3. The van der Waals surface area contributed by atoms with Gasteiger partial charge in [0.1, 0.15) is 6.04 Å². The number of hydrogen-bond acceptors (Lipinski definition) is 3. The zero-order valence-corrected chi connectivity index (χ0v) is 8.56. The first-order valence-electron chi connectivity index (χ1n) is 5.05. The van der Waals surface area contributed by atoms with Crippen LogP contribution in [0.2, 0.25) is 0 Å². The predicted molar refractivity (Wildman–Crippen MR) is 55.2 cm³/mol. The number of unbranched alkanes of at least 4 members (excludes halogenated alkanes) is 1. The Hall–Kier alpha value is -1.36. The van der Waals surface area contributed by atoms with E-state index in [1.54, 1.807) is 11.0 Å². The van der Waals surface area contributed by atoms with Crippen LogP contribution in [0.1, 0.15) is 19.3 Å². The Kier molecular flexibility index (Phi) is 4.30. The minimum atomic E-state index is -0.964. The largest absolute Gasteiger partial charge is 0.480 e. The Balaban J connectivity index is 2.07. The van der Waals surface area contributed by atoms with E-state index >= 15 is 0 Å². The van der Waals surface area contributed by atoms with Crippen LogP contribution in [0.25, 0.3) is 0 Å². The minimum Gasteiger partial charge on any atom is -0.480 e. The second-order valence-electron chi connectivity index (χ2n) is 3.63. The zero-order valence-electron chi connectivity index (χ0n) is 8.56. The standard InChI is InChI=1S/C10H16N2O3/c11-8(10(14)15)4-1-2-6-12-7-3-5-9(12)13/h3,5,8H,1-2,4,6-7,11H2,(H,14,15)/t8-/m0/s1. The average Bonchev–Trinajstić information content (AvgIpc) is 2.58. The second kappa shape index (κ2) is 5.50. The smallest absolute Gasteiger partial charge is 0.320 e. The summed E-state index contributed by atoms with van der Waals surface area (Å²) in [7, 11) is 0. The molecule has 84 valence electrons. The van der Waals surface area contributed by atoms with Gasteiger partial charge in [-0.2, -0.15) is 0 Å². The topological polar surface area (TPSA) is 83.6 Å². The molecule has 0 spiro atoms. The van der Waals surface area contributed by atoms with Crippen LogP contribution in [-0.2, 0) is 9.59 Å². The Morgan fingerprint density at radius 3 is 2.87 bits per heavy atom. The number of carboxylic acid groups (broad SMARTS) is 1. The SMILES string of the molecule is N[C@@H](CCCCN1CC=CC1=O)C(=O)O. The van der Waals surface area contributed by atoms with E-state index < -0.39 is 12.0 Å². The molecule has 0 unspecified atom stereocenters. The quantitative estimate of drug-likeness (QED) is 0.605. The fourth-order valence-corrected chi connectivity index (χ4v) is 1.47. The summed E-state index contributed by atoms with van der Waals surface area (Å²) in [5, 5.41) is 8.54. The molecule has 15 heavy (non-hydrogen) atoms. The van der Waals surface area contributed by atoms with E-state index in [1.165, 1.54) is 0 Å². The lowest BCUT2D eigenvalue weighted by atomic mass is 10.1. The lowest BCUT2D eigenvalue weighted by molar-refractivity contribution is -0.138. The fraction of sp³-hybridized carbons (Fsp3) is 0.600. The number of nitrogens with two attached hydrogens (primary N) is 1. The van der Waals surface area contributed by atoms with Crippen molar-refractivity contribution >= 4 is 11.9 Å². The van der Waals surface area contributed by atoms with E-state index in [9.17, 15) is 9.59 Å². The number of amides is 1. The van der Waals surface area contributed by atoms with Gasteiger partial charge in [-0.1, -0.05) is 6.08 Å². The second-order valence-corrected chi connectivity index (χ2v) is 3.63. The lowest BCUT2D eigenvalue weighted by Gasteiger charge is -2.15. The highest BCUT2D eigenvalue weighted by Crippen LogP contribution is 2.05. The van der Waals surface area contributed by atoms with Gasteiger partial charge in [0.15, 0.2) is 0 Å². The van der Waals surface area contributed by atoms with E-state index in [0.29, 0.717) is 19.5 Å². The van der Waals surface area contributed by atoms with Crippen molar-refractivity contribution in [3.8, 4) is 0 Å². The maximum absolute atomic E-state index is 11.1. The van der Waals surface area contributed by atoms with E-state index in [2.05, 4.69) is 0 Å². The van der Waals surface area contributed by atoms with Crippen LogP contribution in [0.15, 0.2) is 12.2 Å². The summed E-state index contributed by atoms with van der Waals surface area (Å²) in [6.07, 6.45) is 5.38. The van der Waals surface area contributed by atoms with Crippen molar-refractivity contribution < 1.29 is 14.7 Å². The van der Waals surface area contributed by atoms with Gasteiger partial charge in [-0.15, -0.1) is 0 Å². The number of carboxylic acids is 1. The molecule has 5 nitrogen and oxygen atoms in total. The van der Waals surface area contributed by atoms with E-state index in [0.717, 1.165) is 12.8 Å². The molecule has 1 rings (SSSR count). The van der Waals surface area contributed by atoms with Crippen LogP contribution in [0, 0.1) is 0 Å². The highest BCUT2D eigenvalue weighted by molar-refractivity contribution is 5.89. The van der Waals surface area contributed by atoms with Crippen molar-refractivity contribution in [2.75, 3.05) is 13.1 Å². The van der Waals surface area contributed by atoms with Crippen molar-refractivity contribution in [2.24, 2.45) is 5.73 Å². The highest BCUT2D eigenvalue weighted by Gasteiger charge is 2.14. The Morgan fingerprint density at radius 2 is 2.33 bits per heavy atom. The summed E-state index contributed by atoms with van der Waals surface area (Å²) < 4.78 is 0. The molecule has 0 saturated heterocycles. The molecular formula is C10H16N2O3. The number of hydrogen-bond donors (Lipinski definition) is 2. The lowest BCUT2D eigenvalue weighted by Crippen LogP contribution is -2.30. The maximum Gasteiger partial charge on any atom is 0.320 e. The van der Waals surface area contributed by atoms with Crippen molar-refractivity contribution in [2.45, 2.75) is 25.3 Å². The molecule has 1 heterocycles. The number of carbonyl (C=O) groups excluding carboxylic acids is 1. The number of nitrogens with zero attached hydrogens (tertiary/aromatic N) is 1. The van der Waals surface area contributed by atoms with Crippen molar-refractivity contribution in [1.29, 1.82) is 0 Å². The Morgan fingerprint density at radius 1 is 1.60 bits per heavy atom. The monoisotopic (exact) mass is 212 g/mol. The van der Waals surface area contributed by atoms with Gasteiger partial charge in [0.2, 0.25) is 5.91 Å². The van der Waals surface area contributed by atoms with Crippen molar-refractivity contribution in [1.82, 2.24) is 4.90 Å².